The smallest absolute Gasteiger partial charge is 0.323 e. The third-order valence-corrected chi connectivity index (χ3v) is 11.2. The Labute approximate surface area is 328 Å². The fraction of sp³-hybridized carbons (Fsp3) is 0. The predicted octanol–water partition coefficient (Wildman–Crippen LogP) is 7.14. The molecule has 0 saturated heterocycles. The molecule has 6 aromatic carbocycles. The third-order valence-electron chi connectivity index (χ3n) is 8.57. The molecule has 0 bridgehead atoms. The topological polar surface area (TPSA) is 291 Å². The number of carbonyl (C=O) groups excluding carboxylic acids is 2. The molecule has 1 aliphatic rings. The number of anilines is 3. The van der Waals surface area contributed by atoms with Crippen LogP contribution in [0, 0.1) is 0 Å². The first-order valence-electron chi connectivity index (χ1n) is 16.4. The Bertz CT molecular complexity index is 3170. The number of hydrazone groups is 1. The highest BCUT2D eigenvalue weighted by Gasteiger charge is 2.33. The summed E-state index contributed by atoms with van der Waals surface area (Å²) in [6, 6.07) is 24.4. The maximum absolute atomic E-state index is 13.3. The van der Waals surface area contributed by atoms with Gasteiger partial charge < -0.3 is 15.7 Å². The van der Waals surface area contributed by atoms with Crippen LogP contribution in [-0.4, -0.2) is 61.5 Å². The van der Waals surface area contributed by atoms with Crippen molar-refractivity contribution in [3.05, 3.63) is 125 Å². The molecule has 21 heteroatoms. The molecule has 0 fully saturated rings. The highest BCUT2D eigenvalue weighted by Crippen LogP contribution is 2.40. The molecule has 6 aromatic rings. The molecular formula is C37H26N6O12S3. The number of benzene rings is 6. The van der Waals surface area contributed by atoms with Crippen molar-refractivity contribution < 1.29 is 53.6 Å². The number of hydrogen-bond acceptors (Lipinski definition) is 13. The van der Waals surface area contributed by atoms with Gasteiger partial charge in [-0.05, 0) is 95.2 Å². The number of allylic oxidation sites excluding steroid dienone is 1. The van der Waals surface area contributed by atoms with Crippen LogP contribution in [0.1, 0.15) is 15.9 Å². The molecule has 0 radical (unpaired) electrons. The highest BCUT2D eigenvalue weighted by molar-refractivity contribution is 7.91. The summed E-state index contributed by atoms with van der Waals surface area (Å²) < 4.78 is 103. The standard InChI is InChI=1S/C37H26N6O12S3/c44-32-19-31(42-41-26-8-6-20-7-11-27(56(47,48)49)16-21(20)14-26)36(58(53,54)55)30-18-25(10-13-29(30)32)39-37(46)38-24-9-12-28-22(15-24)17-33(57(50,51)52)34(35(28)45)43-40-23-4-2-1-3-5-23/h1-19,40,44H,(H2,38,39,46)(H,47,48,49)(H,50,51,52)(H,53,54,55)/b42-41?,43-34-. The predicted molar refractivity (Wildman–Crippen MR) is 214 cm³/mol. The van der Waals surface area contributed by atoms with Gasteiger partial charge in [0.2, 0.25) is 5.78 Å². The summed E-state index contributed by atoms with van der Waals surface area (Å²) >= 11 is 0. The van der Waals surface area contributed by atoms with Gasteiger partial charge in [-0.15, -0.1) is 5.11 Å². The number of phenolic OH excluding ortho intramolecular Hbond substituents is 1. The van der Waals surface area contributed by atoms with E-state index in [1.165, 1.54) is 60.7 Å². The number of para-hydroxylation sites is 1. The van der Waals surface area contributed by atoms with Crippen LogP contribution >= 0.6 is 0 Å². The van der Waals surface area contributed by atoms with E-state index in [0.29, 0.717) is 16.5 Å². The van der Waals surface area contributed by atoms with E-state index in [2.05, 4.69) is 31.4 Å². The Morgan fingerprint density at radius 1 is 0.621 bits per heavy atom. The van der Waals surface area contributed by atoms with Crippen LogP contribution in [0.5, 0.6) is 5.75 Å². The van der Waals surface area contributed by atoms with E-state index in [-0.39, 0.29) is 43.9 Å². The van der Waals surface area contributed by atoms with E-state index >= 15 is 0 Å². The number of carbonyl (C=O) groups is 2. The largest absolute Gasteiger partial charge is 0.507 e. The van der Waals surface area contributed by atoms with Crippen LogP contribution in [0.4, 0.5) is 33.2 Å². The molecule has 0 aliphatic heterocycles. The van der Waals surface area contributed by atoms with Gasteiger partial charge in [0.05, 0.1) is 16.3 Å². The van der Waals surface area contributed by atoms with Gasteiger partial charge in [0, 0.05) is 33.8 Å². The van der Waals surface area contributed by atoms with Crippen molar-refractivity contribution in [2.24, 2.45) is 15.3 Å². The minimum Gasteiger partial charge on any atom is -0.507 e. The number of phenols is 1. The zero-order valence-electron chi connectivity index (χ0n) is 29.1. The molecule has 2 amide bonds. The van der Waals surface area contributed by atoms with Gasteiger partial charge in [0.15, 0.2) is 5.71 Å². The SMILES string of the molecule is O=C(Nc1ccc2c(c1)C=C(S(=O)(=O)O)/C(=N/Nc1ccccc1)C2=O)Nc1ccc2c(O)cc(N=Nc3ccc4ccc(S(=O)(=O)O)cc4c3)c(S(=O)(=O)O)c2c1. The first-order chi connectivity index (χ1) is 27.3. The number of rotatable bonds is 9. The molecule has 7 N–H and O–H groups in total. The van der Waals surface area contributed by atoms with Gasteiger partial charge >= 0.3 is 6.03 Å². The van der Waals surface area contributed by atoms with Crippen molar-refractivity contribution in [1.29, 1.82) is 0 Å². The lowest BCUT2D eigenvalue weighted by Crippen LogP contribution is -2.27. The van der Waals surface area contributed by atoms with Crippen molar-refractivity contribution in [3.63, 3.8) is 0 Å². The Kier molecular flexibility index (Phi) is 10.1. The van der Waals surface area contributed by atoms with Crippen molar-refractivity contribution in [3.8, 4) is 5.75 Å². The van der Waals surface area contributed by atoms with Gasteiger partial charge in [-0.1, -0.05) is 30.3 Å². The van der Waals surface area contributed by atoms with Gasteiger partial charge in [-0.2, -0.15) is 35.5 Å². The second-order valence-corrected chi connectivity index (χ2v) is 16.6. The average molecular weight is 843 g/mol. The molecular weight excluding hydrogens is 817 g/mol. The molecule has 1 aliphatic carbocycles. The zero-order valence-corrected chi connectivity index (χ0v) is 31.5. The molecule has 0 unspecified atom stereocenters. The minimum absolute atomic E-state index is 0.0129. The Morgan fingerprint density at radius 2 is 1.31 bits per heavy atom. The number of fused-ring (bicyclic) bond motifs is 3. The van der Waals surface area contributed by atoms with Crippen molar-refractivity contribution in [2.75, 3.05) is 16.1 Å². The van der Waals surface area contributed by atoms with Gasteiger partial charge in [0.1, 0.15) is 21.2 Å². The summed E-state index contributed by atoms with van der Waals surface area (Å²) in [6.07, 6.45) is 1.02. The number of Topliss-reactive ketones (excluding diaryl/α,β-unsaturated/α-hetero) is 1. The maximum atomic E-state index is 13.3. The summed E-state index contributed by atoms with van der Waals surface area (Å²) in [6.45, 7) is 0. The molecule has 58 heavy (non-hydrogen) atoms. The van der Waals surface area contributed by atoms with Crippen LogP contribution in [0.2, 0.25) is 0 Å². The lowest BCUT2D eigenvalue weighted by atomic mass is 9.94. The first-order valence-corrected chi connectivity index (χ1v) is 20.7. The molecule has 0 saturated carbocycles. The fourth-order valence-electron chi connectivity index (χ4n) is 5.98. The summed E-state index contributed by atoms with van der Waals surface area (Å²) in [7, 11) is -14.5. The Balaban J connectivity index is 1.16. The lowest BCUT2D eigenvalue weighted by molar-refractivity contribution is 0.106. The number of ketones is 1. The molecule has 0 aromatic heterocycles. The van der Waals surface area contributed by atoms with Gasteiger partial charge in [-0.25, -0.2) is 4.79 Å². The molecule has 294 valence electrons. The molecule has 18 nitrogen and oxygen atoms in total. The van der Waals surface area contributed by atoms with Crippen molar-refractivity contribution in [1.82, 2.24) is 0 Å². The van der Waals surface area contributed by atoms with Crippen LogP contribution in [0.15, 0.2) is 139 Å². The highest BCUT2D eigenvalue weighted by atomic mass is 32.2. The number of azo groups is 1. The van der Waals surface area contributed by atoms with Crippen LogP contribution < -0.4 is 16.1 Å². The quantitative estimate of drug-likeness (QED) is 0.0433. The molecule has 0 atom stereocenters. The number of hydrogen-bond donors (Lipinski definition) is 7. The van der Waals surface area contributed by atoms with Crippen molar-refractivity contribution >= 4 is 104 Å². The molecule has 0 heterocycles. The lowest BCUT2D eigenvalue weighted by Gasteiger charge is -2.17. The number of nitrogens with one attached hydrogen (secondary N) is 3. The Morgan fingerprint density at radius 3 is 2.00 bits per heavy atom. The van der Waals surface area contributed by atoms with Crippen LogP contribution in [0.3, 0.4) is 0 Å². The summed E-state index contributed by atoms with van der Waals surface area (Å²) in [4.78, 5) is 24.5. The fourth-order valence-corrected chi connectivity index (χ4v) is 7.97. The number of aromatic hydroxyl groups is 1. The maximum Gasteiger partial charge on any atom is 0.323 e. The summed E-state index contributed by atoms with van der Waals surface area (Å²) in [5.74, 6) is -1.29. The van der Waals surface area contributed by atoms with Crippen LogP contribution in [-0.2, 0) is 30.4 Å². The second kappa shape index (κ2) is 14.9. The van der Waals surface area contributed by atoms with Crippen molar-refractivity contribution in [2.45, 2.75) is 9.79 Å². The van der Waals surface area contributed by atoms with Gasteiger partial charge in [0.25, 0.3) is 30.4 Å². The summed E-state index contributed by atoms with van der Waals surface area (Å²) in [5, 5.41) is 28.2. The first kappa shape index (κ1) is 39.4. The average Bonchev–Trinajstić information content (AvgIpc) is 3.15. The Hall–Kier alpha value is -6.88. The van der Waals surface area contributed by atoms with E-state index in [4.69, 9.17) is 0 Å². The van der Waals surface area contributed by atoms with Gasteiger partial charge in [-0.3, -0.25) is 23.9 Å². The van der Waals surface area contributed by atoms with E-state index in [1.807, 2.05) is 0 Å². The molecule has 0 spiro atoms. The normalized spacial score (nSPS) is 14.1. The number of urea groups is 1. The number of nitrogens with zero attached hydrogens (tertiary/aromatic N) is 3. The molecule has 7 rings (SSSR count). The van der Waals surface area contributed by atoms with E-state index < -0.39 is 69.1 Å². The summed E-state index contributed by atoms with van der Waals surface area (Å²) in [5.41, 5.74) is 2.15. The van der Waals surface area contributed by atoms with E-state index in [9.17, 15) is 53.6 Å². The minimum atomic E-state index is -5.08. The monoisotopic (exact) mass is 842 g/mol. The third kappa shape index (κ3) is 8.29. The van der Waals surface area contributed by atoms with E-state index in [1.54, 1.807) is 36.4 Å². The number of amides is 2. The zero-order chi connectivity index (χ0) is 41.6. The van der Waals surface area contributed by atoms with E-state index in [0.717, 1.165) is 18.2 Å². The second-order valence-electron chi connectivity index (χ2n) is 12.5. The van der Waals surface area contributed by atoms with Crippen LogP contribution in [0.25, 0.3) is 27.6 Å².